The first-order chi connectivity index (χ1) is 13.8. The van der Waals surface area contributed by atoms with Gasteiger partial charge in [-0.25, -0.2) is 8.42 Å². The SMILES string of the molecule is CS(=O)(=O)Nc1sc2c(ccc(=O)n2-c2ccccc2)c1C(=O)c1ccccc1. The highest BCUT2D eigenvalue weighted by Gasteiger charge is 2.24. The molecule has 4 aromatic rings. The predicted molar refractivity (Wildman–Crippen MR) is 116 cm³/mol. The van der Waals surface area contributed by atoms with Crippen molar-refractivity contribution in [2.75, 3.05) is 11.0 Å². The van der Waals surface area contributed by atoms with E-state index in [1.165, 1.54) is 10.6 Å². The Hall–Kier alpha value is -3.23. The van der Waals surface area contributed by atoms with Gasteiger partial charge in [0.15, 0.2) is 5.78 Å². The van der Waals surface area contributed by atoms with E-state index in [-0.39, 0.29) is 21.9 Å². The number of aromatic nitrogens is 1. The van der Waals surface area contributed by atoms with E-state index in [1.54, 1.807) is 60.7 Å². The zero-order valence-electron chi connectivity index (χ0n) is 15.3. The number of benzene rings is 2. The number of fused-ring (bicyclic) bond motifs is 1. The number of rotatable bonds is 5. The van der Waals surface area contributed by atoms with Crippen molar-refractivity contribution in [2.45, 2.75) is 0 Å². The van der Waals surface area contributed by atoms with Crippen LogP contribution in [-0.4, -0.2) is 25.0 Å². The van der Waals surface area contributed by atoms with Gasteiger partial charge in [-0.3, -0.25) is 18.9 Å². The minimum atomic E-state index is -3.63. The van der Waals surface area contributed by atoms with Gasteiger partial charge in [0.2, 0.25) is 10.0 Å². The molecule has 0 saturated carbocycles. The Morgan fingerprint density at radius 1 is 0.931 bits per heavy atom. The van der Waals surface area contributed by atoms with Crippen LogP contribution in [0.15, 0.2) is 77.6 Å². The summed E-state index contributed by atoms with van der Waals surface area (Å²) in [7, 11) is -3.63. The molecule has 4 rings (SSSR count). The lowest BCUT2D eigenvalue weighted by Crippen LogP contribution is -2.16. The van der Waals surface area contributed by atoms with Crippen molar-refractivity contribution in [3.63, 3.8) is 0 Å². The monoisotopic (exact) mass is 424 g/mol. The number of pyridine rings is 1. The maximum Gasteiger partial charge on any atom is 0.256 e. The van der Waals surface area contributed by atoms with Crippen molar-refractivity contribution in [3.05, 3.63) is 94.3 Å². The van der Waals surface area contributed by atoms with E-state index in [2.05, 4.69) is 4.72 Å². The maximum atomic E-state index is 13.2. The number of anilines is 1. The highest BCUT2D eigenvalue weighted by Crippen LogP contribution is 2.37. The summed E-state index contributed by atoms with van der Waals surface area (Å²) in [4.78, 5) is 26.4. The van der Waals surface area contributed by atoms with E-state index in [0.29, 0.717) is 21.5 Å². The first-order valence-electron chi connectivity index (χ1n) is 8.67. The molecule has 8 heteroatoms. The molecule has 29 heavy (non-hydrogen) atoms. The molecule has 0 aliphatic carbocycles. The molecule has 0 amide bonds. The van der Waals surface area contributed by atoms with Crippen LogP contribution < -0.4 is 10.3 Å². The fourth-order valence-electron chi connectivity index (χ4n) is 3.10. The zero-order valence-corrected chi connectivity index (χ0v) is 17.0. The quantitative estimate of drug-likeness (QED) is 0.496. The second-order valence-electron chi connectivity index (χ2n) is 6.44. The molecule has 0 spiro atoms. The van der Waals surface area contributed by atoms with Crippen molar-refractivity contribution in [3.8, 4) is 5.69 Å². The molecule has 0 fully saturated rings. The summed E-state index contributed by atoms with van der Waals surface area (Å²) in [5.74, 6) is -0.318. The molecule has 6 nitrogen and oxygen atoms in total. The van der Waals surface area contributed by atoms with Crippen LogP contribution in [0, 0.1) is 0 Å². The van der Waals surface area contributed by atoms with E-state index >= 15 is 0 Å². The minimum absolute atomic E-state index is 0.187. The fraction of sp³-hybridized carbons (Fsp3) is 0.0476. The predicted octanol–water partition coefficient (Wildman–Crippen LogP) is 3.65. The van der Waals surface area contributed by atoms with Crippen LogP contribution in [0.3, 0.4) is 0 Å². The van der Waals surface area contributed by atoms with Gasteiger partial charge in [0.1, 0.15) is 9.83 Å². The standard InChI is InChI=1S/C21H16N2O4S2/c1-29(26,27)22-20-18(19(25)14-8-4-2-5-9-14)16-12-13-17(24)23(21(16)28-20)15-10-6-3-7-11-15/h2-13,22H,1H3. The average Bonchev–Trinajstić information content (AvgIpc) is 3.04. The maximum absolute atomic E-state index is 13.2. The van der Waals surface area contributed by atoms with Gasteiger partial charge in [-0.2, -0.15) is 0 Å². The van der Waals surface area contributed by atoms with Crippen LogP contribution in [-0.2, 0) is 10.0 Å². The molecule has 0 unspecified atom stereocenters. The van der Waals surface area contributed by atoms with E-state index in [0.717, 1.165) is 17.6 Å². The van der Waals surface area contributed by atoms with Crippen molar-refractivity contribution in [1.82, 2.24) is 4.57 Å². The summed E-state index contributed by atoms with van der Waals surface area (Å²) in [5.41, 5.74) is 1.02. The molecular formula is C21H16N2O4S2. The van der Waals surface area contributed by atoms with Gasteiger partial charge < -0.3 is 0 Å². The molecule has 2 aromatic heterocycles. The Balaban J connectivity index is 2.05. The molecule has 0 radical (unpaired) electrons. The summed E-state index contributed by atoms with van der Waals surface area (Å²) >= 11 is 1.06. The number of nitrogens with zero attached hydrogens (tertiary/aromatic N) is 1. The Morgan fingerprint density at radius 2 is 1.55 bits per heavy atom. The van der Waals surface area contributed by atoms with Gasteiger partial charge >= 0.3 is 0 Å². The summed E-state index contributed by atoms with van der Waals surface area (Å²) in [6.45, 7) is 0. The second-order valence-corrected chi connectivity index (χ2v) is 9.18. The van der Waals surface area contributed by atoms with Crippen LogP contribution in [0.1, 0.15) is 15.9 Å². The molecule has 0 aliphatic rings. The Morgan fingerprint density at radius 3 is 2.17 bits per heavy atom. The van der Waals surface area contributed by atoms with E-state index in [1.807, 2.05) is 6.07 Å². The lowest BCUT2D eigenvalue weighted by atomic mass is 10.0. The van der Waals surface area contributed by atoms with Gasteiger partial charge in [-0.15, -0.1) is 0 Å². The molecule has 0 bridgehead atoms. The Bertz CT molecular complexity index is 1370. The summed E-state index contributed by atoms with van der Waals surface area (Å²) in [6, 6.07) is 20.6. The topological polar surface area (TPSA) is 85.2 Å². The second kappa shape index (κ2) is 7.31. The van der Waals surface area contributed by atoms with Crippen molar-refractivity contribution < 1.29 is 13.2 Å². The normalized spacial score (nSPS) is 11.5. The van der Waals surface area contributed by atoms with Gasteiger partial charge in [-0.1, -0.05) is 59.9 Å². The first kappa shape index (κ1) is 19.1. The molecule has 2 heterocycles. The third-order valence-electron chi connectivity index (χ3n) is 4.30. The third kappa shape index (κ3) is 3.72. The molecule has 2 aromatic carbocycles. The van der Waals surface area contributed by atoms with Crippen LogP contribution in [0.25, 0.3) is 15.9 Å². The van der Waals surface area contributed by atoms with Crippen molar-refractivity contribution >= 4 is 42.4 Å². The molecule has 0 aliphatic heterocycles. The van der Waals surface area contributed by atoms with Gasteiger partial charge in [0.25, 0.3) is 5.56 Å². The third-order valence-corrected chi connectivity index (χ3v) is 6.11. The number of hydrogen-bond donors (Lipinski definition) is 1. The van der Waals surface area contributed by atoms with Gasteiger partial charge in [0, 0.05) is 17.0 Å². The number of hydrogen-bond acceptors (Lipinski definition) is 5. The molecular weight excluding hydrogens is 408 g/mol. The fourth-order valence-corrected chi connectivity index (χ4v) is 5.23. The molecule has 146 valence electrons. The molecule has 1 N–H and O–H groups in total. The lowest BCUT2D eigenvalue weighted by molar-refractivity contribution is 0.104. The number of carbonyl (C=O) groups is 1. The number of nitrogens with one attached hydrogen (secondary N) is 1. The van der Waals surface area contributed by atoms with Crippen LogP contribution in [0.5, 0.6) is 0 Å². The largest absolute Gasteiger partial charge is 0.288 e. The van der Waals surface area contributed by atoms with E-state index < -0.39 is 10.0 Å². The van der Waals surface area contributed by atoms with Gasteiger partial charge in [-0.05, 0) is 18.2 Å². The Kier molecular flexibility index (Phi) is 4.81. The van der Waals surface area contributed by atoms with E-state index in [4.69, 9.17) is 0 Å². The summed E-state index contributed by atoms with van der Waals surface area (Å²) < 4.78 is 27.8. The first-order valence-corrected chi connectivity index (χ1v) is 11.4. The lowest BCUT2D eigenvalue weighted by Gasteiger charge is -2.07. The van der Waals surface area contributed by atoms with Gasteiger partial charge in [0.05, 0.1) is 17.5 Å². The highest BCUT2D eigenvalue weighted by molar-refractivity contribution is 7.92. The highest BCUT2D eigenvalue weighted by atomic mass is 32.2. The van der Waals surface area contributed by atoms with E-state index in [9.17, 15) is 18.0 Å². The van der Waals surface area contributed by atoms with Crippen LogP contribution in [0.2, 0.25) is 0 Å². The molecule has 0 saturated heterocycles. The summed E-state index contributed by atoms with van der Waals surface area (Å²) in [6.07, 6.45) is 1.03. The molecule has 0 atom stereocenters. The number of carbonyl (C=O) groups excluding carboxylic acids is 1. The smallest absolute Gasteiger partial charge is 0.256 e. The summed E-state index contributed by atoms with van der Waals surface area (Å²) in [5, 5.41) is 0.699. The number of thiophene rings is 1. The number of para-hydroxylation sites is 1. The van der Waals surface area contributed by atoms with Crippen LogP contribution in [0.4, 0.5) is 5.00 Å². The van der Waals surface area contributed by atoms with Crippen molar-refractivity contribution in [1.29, 1.82) is 0 Å². The van der Waals surface area contributed by atoms with Crippen LogP contribution >= 0.6 is 11.3 Å². The minimum Gasteiger partial charge on any atom is -0.288 e. The van der Waals surface area contributed by atoms with Crippen molar-refractivity contribution in [2.24, 2.45) is 0 Å². The zero-order chi connectivity index (χ0) is 20.6. The Labute approximate surface area is 171 Å². The number of ketones is 1. The number of sulfonamides is 1. The average molecular weight is 425 g/mol.